The summed E-state index contributed by atoms with van der Waals surface area (Å²) < 4.78 is 40.6. The molecule has 1 aromatic carbocycles. The van der Waals surface area contributed by atoms with Gasteiger partial charge in [-0.15, -0.1) is 0 Å². The number of halogens is 3. The normalized spacial score (nSPS) is 25.0. The molecule has 2 rings (SSSR count). The predicted molar refractivity (Wildman–Crippen MR) is 45.5 cm³/mol. The standard InChI is InChI=1S/C10H7F3O2/c11-10(12,13)9-8(15-9)7(14)6-4-2-1-3-5-6/h1-5,8-9H/t8-,9-/m0/s1. The van der Waals surface area contributed by atoms with Crippen LogP contribution in [-0.4, -0.2) is 24.2 Å². The van der Waals surface area contributed by atoms with Crippen molar-refractivity contribution in [3.8, 4) is 0 Å². The molecule has 1 heterocycles. The van der Waals surface area contributed by atoms with Gasteiger partial charge in [-0.25, -0.2) is 0 Å². The average molecular weight is 216 g/mol. The number of hydrogen-bond acceptors (Lipinski definition) is 2. The number of rotatable bonds is 2. The molecular formula is C10H7F3O2. The molecule has 0 N–H and O–H groups in total. The van der Waals surface area contributed by atoms with Crippen LogP contribution in [0.25, 0.3) is 0 Å². The summed E-state index contributed by atoms with van der Waals surface area (Å²) in [5, 5.41) is 0. The fourth-order valence-corrected chi connectivity index (χ4v) is 1.33. The number of Topliss-reactive ketones (excluding diaryl/α,β-unsaturated/α-hetero) is 1. The molecule has 5 heteroatoms. The second kappa shape index (κ2) is 3.34. The Bertz CT molecular complexity index is 372. The lowest BCUT2D eigenvalue weighted by Crippen LogP contribution is -2.22. The van der Waals surface area contributed by atoms with E-state index in [9.17, 15) is 18.0 Å². The molecule has 0 saturated carbocycles. The molecule has 0 unspecified atom stereocenters. The van der Waals surface area contributed by atoms with Crippen molar-refractivity contribution in [1.29, 1.82) is 0 Å². The highest BCUT2D eigenvalue weighted by molar-refractivity contribution is 6.01. The van der Waals surface area contributed by atoms with Gasteiger partial charge in [-0.3, -0.25) is 4.79 Å². The van der Waals surface area contributed by atoms with Gasteiger partial charge in [0.15, 0.2) is 18.0 Å². The lowest BCUT2D eigenvalue weighted by Gasteiger charge is -2.00. The quantitative estimate of drug-likeness (QED) is 0.560. The summed E-state index contributed by atoms with van der Waals surface area (Å²) in [6.07, 6.45) is -7.73. The van der Waals surface area contributed by atoms with Crippen LogP contribution in [0.4, 0.5) is 13.2 Å². The minimum atomic E-state index is -4.45. The van der Waals surface area contributed by atoms with Crippen molar-refractivity contribution in [2.24, 2.45) is 0 Å². The molecule has 0 bridgehead atoms. The average Bonchev–Trinajstić information content (AvgIpc) is 2.97. The second-order valence-corrected chi connectivity index (χ2v) is 3.25. The van der Waals surface area contributed by atoms with Crippen LogP contribution >= 0.6 is 0 Å². The molecule has 15 heavy (non-hydrogen) atoms. The van der Waals surface area contributed by atoms with Crippen molar-refractivity contribution in [2.75, 3.05) is 0 Å². The summed E-state index contributed by atoms with van der Waals surface area (Å²) in [5.74, 6) is -0.613. The van der Waals surface area contributed by atoms with E-state index in [0.717, 1.165) is 0 Å². The number of carbonyl (C=O) groups excluding carboxylic acids is 1. The van der Waals surface area contributed by atoms with Gasteiger partial charge in [-0.2, -0.15) is 13.2 Å². The monoisotopic (exact) mass is 216 g/mol. The van der Waals surface area contributed by atoms with Crippen LogP contribution in [-0.2, 0) is 4.74 Å². The van der Waals surface area contributed by atoms with Crippen LogP contribution in [0.15, 0.2) is 30.3 Å². The van der Waals surface area contributed by atoms with E-state index in [1.54, 1.807) is 18.2 Å². The first-order chi connectivity index (χ1) is 7.00. The fourth-order valence-electron chi connectivity index (χ4n) is 1.33. The predicted octanol–water partition coefficient (Wildman–Crippen LogP) is 2.20. The van der Waals surface area contributed by atoms with E-state index in [-0.39, 0.29) is 5.56 Å². The number of carbonyl (C=O) groups is 1. The number of alkyl halides is 3. The van der Waals surface area contributed by atoms with E-state index in [1.807, 2.05) is 0 Å². The van der Waals surface area contributed by atoms with E-state index in [4.69, 9.17) is 0 Å². The molecule has 1 aliphatic rings. The zero-order chi connectivity index (χ0) is 11.1. The molecule has 0 aliphatic carbocycles. The third-order valence-corrected chi connectivity index (χ3v) is 2.13. The summed E-state index contributed by atoms with van der Waals surface area (Å²) in [7, 11) is 0. The number of benzene rings is 1. The molecular weight excluding hydrogens is 209 g/mol. The molecule has 1 aliphatic heterocycles. The highest BCUT2D eigenvalue weighted by Crippen LogP contribution is 2.39. The Morgan fingerprint density at radius 1 is 1.20 bits per heavy atom. The third kappa shape index (κ3) is 2.02. The van der Waals surface area contributed by atoms with Gasteiger partial charge in [0.05, 0.1) is 0 Å². The molecule has 1 fully saturated rings. The molecule has 0 amide bonds. The zero-order valence-electron chi connectivity index (χ0n) is 7.49. The van der Waals surface area contributed by atoms with Crippen molar-refractivity contribution in [3.05, 3.63) is 35.9 Å². The first-order valence-electron chi connectivity index (χ1n) is 4.31. The van der Waals surface area contributed by atoms with E-state index in [1.165, 1.54) is 12.1 Å². The maximum absolute atomic E-state index is 12.1. The summed E-state index contributed by atoms with van der Waals surface area (Å²) >= 11 is 0. The molecule has 1 saturated heterocycles. The van der Waals surface area contributed by atoms with E-state index in [0.29, 0.717) is 0 Å². The third-order valence-electron chi connectivity index (χ3n) is 2.13. The first-order valence-corrected chi connectivity index (χ1v) is 4.31. The minimum absolute atomic E-state index is 0.245. The molecule has 0 spiro atoms. The Balaban J connectivity index is 2.07. The lowest BCUT2D eigenvalue weighted by molar-refractivity contribution is -0.146. The van der Waals surface area contributed by atoms with Crippen LogP contribution in [0.3, 0.4) is 0 Å². The van der Waals surface area contributed by atoms with Gasteiger partial charge in [-0.05, 0) is 0 Å². The topological polar surface area (TPSA) is 29.6 Å². The van der Waals surface area contributed by atoms with E-state index >= 15 is 0 Å². The van der Waals surface area contributed by atoms with E-state index in [2.05, 4.69) is 4.74 Å². The van der Waals surface area contributed by atoms with Gasteiger partial charge in [0.1, 0.15) is 0 Å². The highest BCUT2D eigenvalue weighted by Gasteiger charge is 2.61. The van der Waals surface area contributed by atoms with Gasteiger partial charge < -0.3 is 4.74 Å². The summed E-state index contributed by atoms with van der Waals surface area (Å²) in [6, 6.07) is 7.82. The van der Waals surface area contributed by atoms with Gasteiger partial charge >= 0.3 is 6.18 Å². The number of hydrogen-bond donors (Lipinski definition) is 0. The Hall–Kier alpha value is -1.36. The van der Waals surface area contributed by atoms with Gasteiger partial charge in [0, 0.05) is 5.56 Å². The molecule has 0 radical (unpaired) electrons. The number of ketones is 1. The van der Waals surface area contributed by atoms with Crippen LogP contribution in [0.2, 0.25) is 0 Å². The summed E-state index contributed by atoms with van der Waals surface area (Å²) in [5.41, 5.74) is 0.245. The first kappa shape index (κ1) is 10.2. The molecule has 2 atom stereocenters. The van der Waals surface area contributed by atoms with Crippen molar-refractivity contribution in [3.63, 3.8) is 0 Å². The zero-order valence-corrected chi connectivity index (χ0v) is 7.49. The summed E-state index contributed by atoms with van der Waals surface area (Å²) in [6.45, 7) is 0. The second-order valence-electron chi connectivity index (χ2n) is 3.25. The SMILES string of the molecule is O=C(c1ccccc1)[C@@H]1O[C@@H]1C(F)(F)F. The van der Waals surface area contributed by atoms with Crippen LogP contribution in [0, 0.1) is 0 Å². The van der Waals surface area contributed by atoms with Crippen LogP contribution in [0.5, 0.6) is 0 Å². The molecule has 2 nitrogen and oxygen atoms in total. The van der Waals surface area contributed by atoms with E-state index < -0.39 is 24.2 Å². The Morgan fingerprint density at radius 3 is 2.27 bits per heavy atom. The largest absolute Gasteiger partial charge is 0.417 e. The molecule has 80 valence electrons. The smallest absolute Gasteiger partial charge is 0.351 e. The number of epoxide rings is 1. The van der Waals surface area contributed by atoms with Crippen molar-refractivity contribution < 1.29 is 22.7 Å². The van der Waals surface area contributed by atoms with Gasteiger partial charge in [0.25, 0.3) is 0 Å². The van der Waals surface area contributed by atoms with Gasteiger partial charge in [0.2, 0.25) is 0 Å². The Labute approximate surface area is 83.7 Å². The molecule has 0 aromatic heterocycles. The van der Waals surface area contributed by atoms with Crippen molar-refractivity contribution in [1.82, 2.24) is 0 Å². The maximum Gasteiger partial charge on any atom is 0.417 e. The summed E-state index contributed by atoms with van der Waals surface area (Å²) in [4.78, 5) is 11.4. The minimum Gasteiger partial charge on any atom is -0.351 e. The maximum atomic E-state index is 12.1. The Morgan fingerprint density at radius 2 is 1.80 bits per heavy atom. The molecule has 1 aromatic rings. The van der Waals surface area contributed by atoms with Crippen LogP contribution < -0.4 is 0 Å². The highest BCUT2D eigenvalue weighted by atomic mass is 19.4. The fraction of sp³-hybridized carbons (Fsp3) is 0.300. The van der Waals surface area contributed by atoms with Gasteiger partial charge in [-0.1, -0.05) is 30.3 Å². The van der Waals surface area contributed by atoms with Crippen molar-refractivity contribution >= 4 is 5.78 Å². The lowest BCUT2D eigenvalue weighted by atomic mass is 10.1. The Kier molecular flexibility index (Phi) is 2.26. The number of ether oxygens (including phenoxy) is 1. The van der Waals surface area contributed by atoms with Crippen LogP contribution in [0.1, 0.15) is 10.4 Å². The van der Waals surface area contributed by atoms with Crippen molar-refractivity contribution in [2.45, 2.75) is 18.4 Å².